The second-order valence-electron chi connectivity index (χ2n) is 5.03. The standard InChI is InChI=1S/C13H16N2O2S2/c1-13(2)11(19-12(18)14(13)3)15(17)8-9-4-6-10(16)7-5-9/h4-8,11,17H,1-3H3/t11-/m1/s1. The van der Waals surface area contributed by atoms with Gasteiger partial charge in [-0.05, 0) is 43.7 Å². The molecule has 0 unspecified atom stereocenters. The molecule has 19 heavy (non-hydrogen) atoms. The fourth-order valence-electron chi connectivity index (χ4n) is 1.87. The quantitative estimate of drug-likeness (QED) is 0.623. The van der Waals surface area contributed by atoms with Crippen LogP contribution in [-0.2, 0) is 4.79 Å². The molecule has 1 N–H and O–H groups in total. The van der Waals surface area contributed by atoms with Crippen LogP contribution < -0.4 is 0 Å². The van der Waals surface area contributed by atoms with Gasteiger partial charge in [0.15, 0.2) is 5.78 Å². The third-order valence-electron chi connectivity index (χ3n) is 3.36. The first kappa shape index (κ1) is 14.3. The average Bonchev–Trinajstić information content (AvgIpc) is 2.56. The molecule has 4 nitrogen and oxygen atoms in total. The van der Waals surface area contributed by atoms with Crippen LogP contribution in [0.25, 0.3) is 0 Å². The van der Waals surface area contributed by atoms with E-state index in [1.165, 1.54) is 29.0 Å². The number of ketones is 1. The Kier molecular flexibility index (Phi) is 3.85. The molecule has 2 aliphatic rings. The maximum atomic E-state index is 11.0. The van der Waals surface area contributed by atoms with Crippen molar-refractivity contribution < 1.29 is 10.0 Å². The molecule has 2 rings (SSSR count). The molecule has 0 aromatic heterocycles. The molecule has 0 bridgehead atoms. The molecule has 1 saturated heterocycles. The van der Waals surface area contributed by atoms with Crippen LogP contribution >= 0.6 is 24.0 Å². The summed E-state index contributed by atoms with van der Waals surface area (Å²) < 4.78 is 0.761. The van der Waals surface area contributed by atoms with Gasteiger partial charge in [0, 0.05) is 13.2 Å². The maximum Gasteiger partial charge on any atom is 0.178 e. The lowest BCUT2D eigenvalue weighted by atomic mass is 10.0. The third-order valence-corrected chi connectivity index (χ3v) is 5.41. The zero-order valence-corrected chi connectivity index (χ0v) is 12.7. The van der Waals surface area contributed by atoms with E-state index in [0.717, 1.165) is 9.89 Å². The van der Waals surface area contributed by atoms with Crippen LogP contribution in [0.3, 0.4) is 0 Å². The van der Waals surface area contributed by atoms with Gasteiger partial charge in [-0.2, -0.15) is 0 Å². The van der Waals surface area contributed by atoms with Gasteiger partial charge in [0.2, 0.25) is 0 Å². The first-order chi connectivity index (χ1) is 8.82. The highest BCUT2D eigenvalue weighted by Crippen LogP contribution is 2.40. The minimum Gasteiger partial charge on any atom is -0.352 e. The van der Waals surface area contributed by atoms with Crippen molar-refractivity contribution in [2.75, 3.05) is 7.05 Å². The van der Waals surface area contributed by atoms with Crippen LogP contribution in [0.1, 0.15) is 13.8 Å². The van der Waals surface area contributed by atoms with Crippen molar-refractivity contribution >= 4 is 34.1 Å². The number of hydrogen-bond acceptors (Lipinski definition) is 5. The molecule has 6 heteroatoms. The Morgan fingerprint density at radius 1 is 1.42 bits per heavy atom. The summed E-state index contributed by atoms with van der Waals surface area (Å²) in [4.78, 5) is 13.0. The molecule has 0 amide bonds. The first-order valence-corrected chi connectivity index (χ1v) is 7.15. The van der Waals surface area contributed by atoms with Crippen LogP contribution in [0.5, 0.6) is 0 Å². The van der Waals surface area contributed by atoms with E-state index in [4.69, 9.17) is 12.2 Å². The Labute approximate surface area is 122 Å². The average molecular weight is 296 g/mol. The minimum atomic E-state index is -0.272. The first-order valence-electron chi connectivity index (χ1n) is 5.86. The van der Waals surface area contributed by atoms with Gasteiger partial charge in [-0.15, -0.1) is 0 Å². The number of hydrogen-bond donors (Lipinski definition) is 1. The van der Waals surface area contributed by atoms with Crippen molar-refractivity contribution in [3.05, 3.63) is 36.1 Å². The van der Waals surface area contributed by atoms with Gasteiger partial charge in [-0.1, -0.05) is 24.0 Å². The number of thiocarbonyl (C=S) groups is 1. The van der Waals surface area contributed by atoms with Crippen molar-refractivity contribution in [2.45, 2.75) is 24.8 Å². The Hall–Kier alpha value is -1.11. The molecule has 0 spiro atoms. The smallest absolute Gasteiger partial charge is 0.178 e. The molecule has 1 atom stereocenters. The normalized spacial score (nSPS) is 25.2. The van der Waals surface area contributed by atoms with Crippen LogP contribution in [0.2, 0.25) is 0 Å². The van der Waals surface area contributed by atoms with E-state index in [1.807, 2.05) is 25.8 Å². The molecular weight excluding hydrogens is 280 g/mol. The number of hydroxylamine groups is 2. The van der Waals surface area contributed by atoms with Gasteiger partial charge in [-0.3, -0.25) is 10.0 Å². The largest absolute Gasteiger partial charge is 0.352 e. The molecule has 1 aliphatic carbocycles. The Morgan fingerprint density at radius 2 is 2.00 bits per heavy atom. The van der Waals surface area contributed by atoms with Crippen LogP contribution in [0.15, 0.2) is 36.1 Å². The van der Waals surface area contributed by atoms with Crippen LogP contribution in [-0.4, -0.2) is 43.2 Å². The number of nitrogens with zero attached hydrogens (tertiary/aromatic N) is 2. The van der Waals surface area contributed by atoms with E-state index in [-0.39, 0.29) is 16.7 Å². The van der Waals surface area contributed by atoms with Gasteiger partial charge < -0.3 is 4.90 Å². The van der Waals surface area contributed by atoms with Crippen molar-refractivity contribution in [3.8, 4) is 0 Å². The highest BCUT2D eigenvalue weighted by molar-refractivity contribution is 8.23. The maximum absolute atomic E-state index is 11.0. The van der Waals surface area contributed by atoms with Gasteiger partial charge in [0.25, 0.3) is 0 Å². The van der Waals surface area contributed by atoms with Gasteiger partial charge in [0.1, 0.15) is 9.69 Å². The van der Waals surface area contributed by atoms with E-state index in [9.17, 15) is 10.0 Å². The summed E-state index contributed by atoms with van der Waals surface area (Å²) in [6.07, 6.45) is 7.92. The number of rotatable bonds is 2. The summed E-state index contributed by atoms with van der Waals surface area (Å²) in [5.41, 5.74) is 0.504. The van der Waals surface area contributed by atoms with Gasteiger partial charge in [0.05, 0.1) is 5.54 Å². The van der Waals surface area contributed by atoms with Crippen molar-refractivity contribution in [1.82, 2.24) is 9.96 Å². The summed E-state index contributed by atoms with van der Waals surface area (Å²) in [6.45, 7) is 4.06. The van der Waals surface area contributed by atoms with Crippen LogP contribution in [0.4, 0.5) is 0 Å². The van der Waals surface area contributed by atoms with E-state index in [0.29, 0.717) is 0 Å². The molecule has 1 fully saturated rings. The highest BCUT2D eigenvalue weighted by Gasteiger charge is 2.45. The SMILES string of the molecule is CN1C(=S)S[C@@H](N(O)C=C2C=CC(=O)C=C2)C1(C)C. The highest BCUT2D eigenvalue weighted by atomic mass is 32.2. The Bertz CT molecular complexity index is 491. The monoisotopic (exact) mass is 296 g/mol. The number of carbonyl (C=O) groups excluding carboxylic acids is 1. The van der Waals surface area contributed by atoms with Gasteiger partial charge >= 0.3 is 0 Å². The second kappa shape index (κ2) is 5.11. The van der Waals surface area contributed by atoms with E-state index < -0.39 is 0 Å². The fourth-order valence-corrected chi connectivity index (χ4v) is 3.58. The lowest BCUT2D eigenvalue weighted by Crippen LogP contribution is -2.48. The number of allylic oxidation sites excluding steroid dienone is 5. The summed E-state index contributed by atoms with van der Waals surface area (Å²) >= 11 is 6.72. The zero-order chi connectivity index (χ0) is 14.2. The predicted octanol–water partition coefficient (Wildman–Crippen LogP) is 2.32. The molecule has 0 aromatic carbocycles. The van der Waals surface area contributed by atoms with E-state index in [2.05, 4.69) is 0 Å². The molecular formula is C13H16N2O2S2. The summed E-state index contributed by atoms with van der Waals surface area (Å²) in [5, 5.41) is 11.2. The third kappa shape index (κ3) is 2.75. The van der Waals surface area contributed by atoms with E-state index in [1.54, 1.807) is 18.4 Å². The number of thioether (sulfide) groups is 1. The summed E-state index contributed by atoms with van der Waals surface area (Å²) in [6, 6.07) is 0. The molecule has 0 saturated carbocycles. The molecule has 1 heterocycles. The zero-order valence-electron chi connectivity index (χ0n) is 11.0. The Balaban J connectivity index is 2.17. The molecule has 0 radical (unpaired) electrons. The van der Waals surface area contributed by atoms with Gasteiger partial charge in [-0.25, -0.2) is 5.06 Å². The molecule has 0 aromatic rings. The lowest BCUT2D eigenvalue weighted by molar-refractivity contribution is -0.110. The molecule has 1 aliphatic heterocycles. The predicted molar refractivity (Wildman–Crippen MR) is 80.8 cm³/mol. The van der Waals surface area contributed by atoms with Crippen LogP contribution in [0, 0.1) is 0 Å². The van der Waals surface area contributed by atoms with Crippen molar-refractivity contribution in [1.29, 1.82) is 0 Å². The number of likely N-dealkylation sites (N-methyl/N-ethyl adjacent to an activating group) is 1. The topological polar surface area (TPSA) is 43.8 Å². The fraction of sp³-hybridized carbons (Fsp3) is 0.385. The number of carbonyl (C=O) groups is 1. The lowest BCUT2D eigenvalue weighted by Gasteiger charge is -2.35. The summed E-state index contributed by atoms with van der Waals surface area (Å²) in [7, 11) is 1.93. The molecule has 102 valence electrons. The Morgan fingerprint density at radius 3 is 2.47 bits per heavy atom. The van der Waals surface area contributed by atoms with Crippen molar-refractivity contribution in [2.24, 2.45) is 0 Å². The van der Waals surface area contributed by atoms with E-state index >= 15 is 0 Å². The van der Waals surface area contributed by atoms with Crippen molar-refractivity contribution in [3.63, 3.8) is 0 Å². The second-order valence-corrected chi connectivity index (χ2v) is 6.74. The minimum absolute atomic E-state index is 0.0434. The summed E-state index contributed by atoms with van der Waals surface area (Å²) in [5.74, 6) is -0.0434.